The molecule has 2 heterocycles. The molecule has 1 amide bonds. The van der Waals surface area contributed by atoms with Gasteiger partial charge >= 0.3 is 0 Å². The van der Waals surface area contributed by atoms with E-state index in [0.29, 0.717) is 30.6 Å². The number of carbonyl (C=O) groups is 2. The molecule has 0 spiro atoms. The van der Waals surface area contributed by atoms with Crippen molar-refractivity contribution in [2.75, 3.05) is 17.7 Å². The molecule has 0 aliphatic rings. The van der Waals surface area contributed by atoms with Crippen LogP contribution < -0.4 is 10.6 Å². The van der Waals surface area contributed by atoms with Crippen LogP contribution in [0.5, 0.6) is 0 Å². The van der Waals surface area contributed by atoms with E-state index < -0.39 is 0 Å². The van der Waals surface area contributed by atoms with Crippen molar-refractivity contribution in [1.82, 2.24) is 9.97 Å². The maximum atomic E-state index is 12.5. The van der Waals surface area contributed by atoms with E-state index in [1.165, 1.54) is 0 Å². The molecule has 0 aliphatic carbocycles. The standard InChI is InChI=1S/C24H26N4O2/c1-4-23(30)28(3)21-11-8-18(14-16(21)2)20-10-7-19(15-27-20)22(29)12-9-17-6-5-13-26-24(17)25/h5-8,10-11,13-15H,4,9,12H2,1-3H3,(H2,25,26). The Labute approximate surface area is 176 Å². The Morgan fingerprint density at radius 2 is 1.90 bits per heavy atom. The Bertz CT molecular complexity index is 1060. The maximum absolute atomic E-state index is 12.5. The van der Waals surface area contributed by atoms with E-state index in [0.717, 1.165) is 28.1 Å². The lowest BCUT2D eigenvalue weighted by atomic mass is 10.0. The van der Waals surface area contributed by atoms with E-state index in [4.69, 9.17) is 5.73 Å². The number of pyridine rings is 2. The molecule has 2 aromatic heterocycles. The van der Waals surface area contributed by atoms with E-state index in [1.54, 1.807) is 30.4 Å². The Balaban J connectivity index is 1.71. The van der Waals surface area contributed by atoms with Crippen LogP contribution in [0.1, 0.15) is 41.3 Å². The fraction of sp³-hybridized carbons (Fsp3) is 0.250. The first-order valence-electron chi connectivity index (χ1n) is 9.97. The SMILES string of the molecule is CCC(=O)N(C)c1ccc(-c2ccc(C(=O)CCc3cccnc3N)cn2)cc1C. The van der Waals surface area contributed by atoms with Crippen LogP contribution in [0, 0.1) is 6.92 Å². The number of nitrogen functional groups attached to an aromatic ring is 1. The van der Waals surface area contributed by atoms with Gasteiger partial charge in [-0.2, -0.15) is 0 Å². The highest BCUT2D eigenvalue weighted by molar-refractivity contribution is 5.96. The number of ketones is 1. The molecule has 3 rings (SSSR count). The number of Topliss-reactive ketones (excluding diaryl/α,β-unsaturated/α-hetero) is 1. The van der Waals surface area contributed by atoms with Crippen LogP contribution in [-0.2, 0) is 11.2 Å². The van der Waals surface area contributed by atoms with Gasteiger partial charge in [-0.1, -0.05) is 19.1 Å². The first-order valence-corrected chi connectivity index (χ1v) is 9.97. The molecular weight excluding hydrogens is 376 g/mol. The average molecular weight is 402 g/mol. The van der Waals surface area contributed by atoms with Crippen molar-refractivity contribution in [2.24, 2.45) is 0 Å². The fourth-order valence-electron chi connectivity index (χ4n) is 3.35. The molecule has 30 heavy (non-hydrogen) atoms. The minimum atomic E-state index is 0.0172. The summed E-state index contributed by atoms with van der Waals surface area (Å²) in [7, 11) is 1.78. The average Bonchev–Trinajstić information content (AvgIpc) is 2.77. The number of hydrogen-bond acceptors (Lipinski definition) is 5. The van der Waals surface area contributed by atoms with Gasteiger partial charge in [0.25, 0.3) is 0 Å². The zero-order valence-electron chi connectivity index (χ0n) is 17.6. The van der Waals surface area contributed by atoms with Crippen molar-refractivity contribution in [1.29, 1.82) is 0 Å². The van der Waals surface area contributed by atoms with Crippen molar-refractivity contribution in [3.05, 3.63) is 71.5 Å². The maximum Gasteiger partial charge on any atom is 0.226 e. The summed E-state index contributed by atoms with van der Waals surface area (Å²) in [6, 6.07) is 13.2. The fourth-order valence-corrected chi connectivity index (χ4v) is 3.35. The number of hydrogen-bond donors (Lipinski definition) is 1. The summed E-state index contributed by atoms with van der Waals surface area (Å²) in [6.07, 6.45) is 4.60. The Morgan fingerprint density at radius 3 is 2.53 bits per heavy atom. The van der Waals surface area contributed by atoms with E-state index in [2.05, 4.69) is 9.97 Å². The summed E-state index contributed by atoms with van der Waals surface area (Å²) in [5.74, 6) is 0.548. The van der Waals surface area contributed by atoms with Crippen molar-refractivity contribution in [3.63, 3.8) is 0 Å². The highest BCUT2D eigenvalue weighted by Crippen LogP contribution is 2.26. The molecule has 0 saturated carbocycles. The van der Waals surface area contributed by atoms with E-state index in [1.807, 2.05) is 50.2 Å². The largest absolute Gasteiger partial charge is 0.383 e. The number of nitrogens with two attached hydrogens (primary N) is 1. The van der Waals surface area contributed by atoms with Gasteiger partial charge in [0.15, 0.2) is 5.78 Å². The first-order chi connectivity index (χ1) is 14.4. The number of aromatic nitrogens is 2. The molecule has 2 N–H and O–H groups in total. The number of anilines is 2. The van der Waals surface area contributed by atoms with Crippen LogP contribution >= 0.6 is 0 Å². The van der Waals surface area contributed by atoms with Crippen LogP contribution in [0.25, 0.3) is 11.3 Å². The molecule has 0 saturated heterocycles. The minimum absolute atomic E-state index is 0.0172. The third-order valence-electron chi connectivity index (χ3n) is 5.16. The summed E-state index contributed by atoms with van der Waals surface area (Å²) in [6.45, 7) is 3.82. The number of benzene rings is 1. The van der Waals surface area contributed by atoms with Gasteiger partial charge in [-0.25, -0.2) is 4.98 Å². The minimum Gasteiger partial charge on any atom is -0.383 e. The van der Waals surface area contributed by atoms with E-state index in [-0.39, 0.29) is 11.7 Å². The molecule has 0 atom stereocenters. The summed E-state index contributed by atoms with van der Waals surface area (Å²) in [5, 5.41) is 0. The summed E-state index contributed by atoms with van der Waals surface area (Å²) < 4.78 is 0. The highest BCUT2D eigenvalue weighted by atomic mass is 16.2. The van der Waals surface area contributed by atoms with Gasteiger partial charge in [-0.05, 0) is 54.8 Å². The zero-order chi connectivity index (χ0) is 21.7. The van der Waals surface area contributed by atoms with Gasteiger partial charge in [0.1, 0.15) is 5.82 Å². The second kappa shape index (κ2) is 9.31. The quantitative estimate of drug-likeness (QED) is 0.598. The van der Waals surface area contributed by atoms with E-state index in [9.17, 15) is 9.59 Å². The zero-order valence-corrected chi connectivity index (χ0v) is 17.6. The predicted octanol–water partition coefficient (Wildman–Crippen LogP) is 4.22. The lowest BCUT2D eigenvalue weighted by Gasteiger charge is -2.19. The Morgan fingerprint density at radius 1 is 1.10 bits per heavy atom. The lowest BCUT2D eigenvalue weighted by Crippen LogP contribution is -2.25. The summed E-state index contributed by atoms with van der Waals surface area (Å²) in [4.78, 5) is 34.6. The monoisotopic (exact) mass is 402 g/mol. The van der Waals surface area contributed by atoms with Crippen LogP contribution in [0.3, 0.4) is 0 Å². The van der Waals surface area contributed by atoms with Crippen LogP contribution in [0.4, 0.5) is 11.5 Å². The Hall–Kier alpha value is -3.54. The second-order valence-corrected chi connectivity index (χ2v) is 7.21. The topological polar surface area (TPSA) is 89.2 Å². The van der Waals surface area contributed by atoms with Gasteiger partial charge < -0.3 is 10.6 Å². The highest BCUT2D eigenvalue weighted by Gasteiger charge is 2.13. The number of nitrogens with zero attached hydrogens (tertiary/aromatic N) is 3. The van der Waals surface area contributed by atoms with Gasteiger partial charge in [0.05, 0.1) is 5.69 Å². The van der Waals surface area contributed by atoms with Crippen LogP contribution in [0.15, 0.2) is 54.9 Å². The van der Waals surface area contributed by atoms with Crippen molar-refractivity contribution >= 4 is 23.2 Å². The number of carbonyl (C=O) groups excluding carboxylic acids is 2. The molecule has 0 unspecified atom stereocenters. The third kappa shape index (κ3) is 4.71. The number of aryl methyl sites for hydroxylation is 2. The van der Waals surface area contributed by atoms with Crippen molar-refractivity contribution < 1.29 is 9.59 Å². The molecule has 0 radical (unpaired) electrons. The first kappa shape index (κ1) is 21.2. The predicted molar refractivity (Wildman–Crippen MR) is 119 cm³/mol. The molecule has 6 heteroatoms. The number of rotatable bonds is 7. The molecule has 0 bridgehead atoms. The molecule has 0 fully saturated rings. The van der Waals surface area contributed by atoms with Crippen molar-refractivity contribution in [2.45, 2.75) is 33.1 Å². The van der Waals surface area contributed by atoms with Crippen LogP contribution in [-0.4, -0.2) is 28.7 Å². The van der Waals surface area contributed by atoms with Gasteiger partial charge in [0.2, 0.25) is 5.91 Å². The second-order valence-electron chi connectivity index (χ2n) is 7.21. The third-order valence-corrected chi connectivity index (χ3v) is 5.16. The number of amides is 1. The van der Waals surface area contributed by atoms with Gasteiger partial charge in [0, 0.05) is 49.1 Å². The molecular formula is C24H26N4O2. The van der Waals surface area contributed by atoms with Crippen LogP contribution in [0.2, 0.25) is 0 Å². The molecule has 6 nitrogen and oxygen atoms in total. The molecule has 0 aliphatic heterocycles. The normalized spacial score (nSPS) is 10.6. The van der Waals surface area contributed by atoms with Crippen molar-refractivity contribution in [3.8, 4) is 11.3 Å². The summed E-state index contributed by atoms with van der Waals surface area (Å²) >= 11 is 0. The molecule has 1 aromatic carbocycles. The van der Waals surface area contributed by atoms with Gasteiger partial charge in [-0.3, -0.25) is 14.6 Å². The lowest BCUT2D eigenvalue weighted by molar-refractivity contribution is -0.118. The molecule has 154 valence electrons. The Kier molecular flexibility index (Phi) is 6.57. The van der Waals surface area contributed by atoms with Gasteiger partial charge in [-0.15, -0.1) is 0 Å². The van der Waals surface area contributed by atoms with E-state index >= 15 is 0 Å². The smallest absolute Gasteiger partial charge is 0.226 e. The summed E-state index contributed by atoms with van der Waals surface area (Å²) in [5.41, 5.74) is 10.9. The molecule has 3 aromatic rings.